The minimum Gasteiger partial charge on any atom is -0.489 e. The molecule has 0 bridgehead atoms. The first-order valence-electron chi connectivity index (χ1n) is 8.01. The van der Waals surface area contributed by atoms with Crippen LogP contribution >= 0.6 is 0 Å². The molecule has 1 amide bonds. The number of halogens is 3. The number of hydrogen-bond donors (Lipinski definition) is 0. The fourth-order valence-corrected chi connectivity index (χ4v) is 2.80. The largest absolute Gasteiger partial charge is 0.489 e. The van der Waals surface area contributed by atoms with E-state index < -0.39 is 12.7 Å². The molecule has 0 unspecified atom stereocenters. The third-order valence-corrected chi connectivity index (χ3v) is 4.16. The van der Waals surface area contributed by atoms with E-state index in [1.807, 2.05) is 6.92 Å². The van der Waals surface area contributed by atoms with Crippen LogP contribution in [-0.4, -0.2) is 38.3 Å². The molecule has 4 nitrogen and oxygen atoms in total. The Kier molecular flexibility index (Phi) is 5.30. The number of benzene rings is 1. The predicted molar refractivity (Wildman–Crippen MR) is 87.7 cm³/mol. The summed E-state index contributed by atoms with van der Waals surface area (Å²) in [5.41, 5.74) is 1.02. The predicted octanol–water partition coefficient (Wildman–Crippen LogP) is 3.85. The van der Waals surface area contributed by atoms with Gasteiger partial charge in [-0.3, -0.25) is 4.79 Å². The lowest BCUT2D eigenvalue weighted by Gasteiger charge is -2.39. The van der Waals surface area contributed by atoms with Crippen molar-refractivity contribution in [3.63, 3.8) is 0 Å². The van der Waals surface area contributed by atoms with Gasteiger partial charge in [0.25, 0.3) is 0 Å². The van der Waals surface area contributed by atoms with Gasteiger partial charge < -0.3 is 14.5 Å². The SMILES string of the molecule is CC[C@@H]1COc2cc(N(C)C(=O)C(C)C)ccc2N1CC(F)(F)F. The summed E-state index contributed by atoms with van der Waals surface area (Å²) in [6, 6.07) is 4.57. The van der Waals surface area contributed by atoms with E-state index in [1.54, 1.807) is 39.1 Å². The smallest absolute Gasteiger partial charge is 0.405 e. The lowest BCUT2D eigenvalue weighted by Crippen LogP contribution is -2.47. The van der Waals surface area contributed by atoms with Crippen molar-refractivity contribution in [3.05, 3.63) is 18.2 Å². The van der Waals surface area contributed by atoms with Crippen LogP contribution in [0, 0.1) is 5.92 Å². The number of alkyl halides is 3. The Balaban J connectivity index is 2.34. The second-order valence-electron chi connectivity index (χ2n) is 6.32. The first kappa shape index (κ1) is 18.4. The lowest BCUT2D eigenvalue weighted by molar-refractivity contribution is -0.122. The third kappa shape index (κ3) is 3.94. The van der Waals surface area contributed by atoms with Crippen LogP contribution in [0.1, 0.15) is 27.2 Å². The van der Waals surface area contributed by atoms with Gasteiger partial charge in [-0.1, -0.05) is 20.8 Å². The first-order chi connectivity index (χ1) is 11.1. The minimum absolute atomic E-state index is 0.0654. The Hall–Kier alpha value is -1.92. The highest BCUT2D eigenvalue weighted by atomic mass is 19.4. The summed E-state index contributed by atoms with van der Waals surface area (Å²) in [4.78, 5) is 14.9. The topological polar surface area (TPSA) is 32.8 Å². The van der Waals surface area contributed by atoms with Crippen molar-refractivity contribution < 1.29 is 22.7 Å². The molecule has 1 atom stereocenters. The molecule has 7 heteroatoms. The Morgan fingerprint density at radius 1 is 1.42 bits per heavy atom. The molecule has 0 saturated carbocycles. The quantitative estimate of drug-likeness (QED) is 0.832. The highest BCUT2D eigenvalue weighted by Crippen LogP contribution is 2.39. The maximum absolute atomic E-state index is 12.9. The van der Waals surface area contributed by atoms with Crippen LogP contribution in [0.25, 0.3) is 0 Å². The average Bonchev–Trinajstić information content (AvgIpc) is 2.51. The van der Waals surface area contributed by atoms with Crippen molar-refractivity contribution in [2.75, 3.05) is 30.0 Å². The van der Waals surface area contributed by atoms with Crippen molar-refractivity contribution in [2.24, 2.45) is 5.92 Å². The monoisotopic (exact) mass is 344 g/mol. The number of ether oxygens (including phenoxy) is 1. The fraction of sp³-hybridized carbons (Fsp3) is 0.588. The molecule has 0 aliphatic carbocycles. The molecule has 0 aromatic heterocycles. The molecule has 0 saturated heterocycles. The zero-order valence-corrected chi connectivity index (χ0v) is 14.4. The maximum atomic E-state index is 12.9. The molecule has 1 aromatic carbocycles. The highest BCUT2D eigenvalue weighted by Gasteiger charge is 2.37. The normalized spacial score (nSPS) is 17.5. The summed E-state index contributed by atoms with van der Waals surface area (Å²) in [6.45, 7) is 4.62. The Morgan fingerprint density at radius 3 is 2.62 bits per heavy atom. The van der Waals surface area contributed by atoms with Crippen molar-refractivity contribution in [3.8, 4) is 5.75 Å². The van der Waals surface area contributed by atoms with Crippen LogP contribution in [0.5, 0.6) is 5.75 Å². The lowest BCUT2D eigenvalue weighted by atomic mass is 10.1. The molecule has 1 aliphatic rings. The van der Waals surface area contributed by atoms with E-state index in [9.17, 15) is 18.0 Å². The van der Waals surface area contributed by atoms with Gasteiger partial charge in [0.1, 0.15) is 18.9 Å². The van der Waals surface area contributed by atoms with Gasteiger partial charge in [0.05, 0.1) is 11.7 Å². The van der Waals surface area contributed by atoms with Crippen LogP contribution < -0.4 is 14.5 Å². The van der Waals surface area contributed by atoms with E-state index in [0.29, 0.717) is 23.5 Å². The minimum atomic E-state index is -4.29. The van der Waals surface area contributed by atoms with E-state index in [1.165, 1.54) is 9.80 Å². The molecule has 0 radical (unpaired) electrons. The standard InChI is InChI=1S/C17H23F3N2O2/c1-5-12-9-24-15-8-13(21(4)16(23)11(2)3)6-7-14(15)22(12)10-17(18,19)20/h6-8,11-12H,5,9-10H2,1-4H3/t12-/m1/s1. The van der Waals surface area contributed by atoms with Crippen molar-refractivity contribution >= 4 is 17.3 Å². The summed E-state index contributed by atoms with van der Waals surface area (Å²) < 4.78 is 44.4. The van der Waals surface area contributed by atoms with Gasteiger partial charge in [-0.05, 0) is 18.6 Å². The van der Waals surface area contributed by atoms with E-state index in [0.717, 1.165) is 0 Å². The second-order valence-corrected chi connectivity index (χ2v) is 6.32. The molecule has 0 N–H and O–H groups in total. The Morgan fingerprint density at radius 2 is 2.08 bits per heavy atom. The summed E-state index contributed by atoms with van der Waals surface area (Å²) in [6.07, 6.45) is -3.73. The zero-order chi connectivity index (χ0) is 18.1. The van der Waals surface area contributed by atoms with Gasteiger partial charge in [-0.2, -0.15) is 13.2 Å². The average molecular weight is 344 g/mol. The molecule has 0 spiro atoms. The molecule has 1 heterocycles. The van der Waals surface area contributed by atoms with E-state index in [2.05, 4.69) is 0 Å². The summed E-state index contributed by atoms with van der Waals surface area (Å²) >= 11 is 0. The van der Waals surface area contributed by atoms with Gasteiger partial charge in [-0.15, -0.1) is 0 Å². The second kappa shape index (κ2) is 6.91. The number of rotatable bonds is 4. The number of anilines is 2. The maximum Gasteiger partial charge on any atom is 0.405 e. The molecule has 0 fully saturated rings. The number of carbonyl (C=O) groups excluding carboxylic acids is 1. The number of carbonyl (C=O) groups is 1. The Bertz CT molecular complexity index is 602. The van der Waals surface area contributed by atoms with E-state index in [-0.39, 0.29) is 24.5 Å². The van der Waals surface area contributed by atoms with E-state index >= 15 is 0 Å². The number of amides is 1. The summed E-state index contributed by atoms with van der Waals surface area (Å²) in [5.74, 6) is 0.146. The first-order valence-corrected chi connectivity index (χ1v) is 8.01. The van der Waals surface area contributed by atoms with Gasteiger partial charge in [-0.25, -0.2) is 0 Å². The fourth-order valence-electron chi connectivity index (χ4n) is 2.80. The number of nitrogens with zero attached hydrogens (tertiary/aromatic N) is 2. The molecule has 134 valence electrons. The van der Waals surface area contributed by atoms with Gasteiger partial charge in [0.15, 0.2) is 0 Å². The van der Waals surface area contributed by atoms with Crippen LogP contribution in [0.2, 0.25) is 0 Å². The highest BCUT2D eigenvalue weighted by molar-refractivity contribution is 5.94. The Labute approximate surface area is 140 Å². The van der Waals surface area contributed by atoms with Gasteiger partial charge in [0.2, 0.25) is 5.91 Å². The molecular formula is C17H23F3N2O2. The number of hydrogen-bond acceptors (Lipinski definition) is 3. The van der Waals surface area contributed by atoms with E-state index in [4.69, 9.17) is 4.74 Å². The summed E-state index contributed by atoms with van der Waals surface area (Å²) in [7, 11) is 1.65. The van der Waals surface area contributed by atoms with Gasteiger partial charge in [0, 0.05) is 24.7 Å². The van der Waals surface area contributed by atoms with Crippen LogP contribution in [0.4, 0.5) is 24.5 Å². The zero-order valence-electron chi connectivity index (χ0n) is 14.4. The van der Waals surface area contributed by atoms with Crippen LogP contribution in [0.15, 0.2) is 18.2 Å². The molecule has 24 heavy (non-hydrogen) atoms. The van der Waals surface area contributed by atoms with Crippen LogP contribution in [0.3, 0.4) is 0 Å². The molecule has 2 rings (SSSR count). The van der Waals surface area contributed by atoms with Crippen LogP contribution in [-0.2, 0) is 4.79 Å². The third-order valence-electron chi connectivity index (χ3n) is 4.16. The molecule has 1 aliphatic heterocycles. The number of fused-ring (bicyclic) bond motifs is 1. The summed E-state index contributed by atoms with van der Waals surface area (Å²) in [5, 5.41) is 0. The van der Waals surface area contributed by atoms with Gasteiger partial charge >= 0.3 is 6.18 Å². The van der Waals surface area contributed by atoms with Crippen molar-refractivity contribution in [2.45, 2.75) is 39.4 Å². The van der Waals surface area contributed by atoms with Crippen molar-refractivity contribution in [1.82, 2.24) is 0 Å². The molecule has 1 aromatic rings. The molecular weight excluding hydrogens is 321 g/mol. The van der Waals surface area contributed by atoms with Crippen molar-refractivity contribution in [1.29, 1.82) is 0 Å².